The van der Waals surface area contributed by atoms with Crippen LogP contribution in [-0.4, -0.2) is 11.5 Å². The average molecular weight is 259 g/mol. The summed E-state index contributed by atoms with van der Waals surface area (Å²) >= 11 is 1.75. The normalized spacial score (nSPS) is 14.7. The van der Waals surface area contributed by atoms with Gasteiger partial charge in [-0.2, -0.15) is 0 Å². The molecule has 1 aliphatic heterocycles. The van der Waals surface area contributed by atoms with Crippen molar-refractivity contribution in [2.24, 2.45) is 0 Å². The molecule has 0 amide bonds. The molecule has 3 N–H and O–H groups in total. The SMILES string of the molecule is Cc1cc(-c2nc3c(s2)NCCCC3)ccc1N. The van der Waals surface area contributed by atoms with Gasteiger partial charge in [0.2, 0.25) is 0 Å². The van der Waals surface area contributed by atoms with Crippen LogP contribution in [0.4, 0.5) is 10.7 Å². The second kappa shape index (κ2) is 4.61. The van der Waals surface area contributed by atoms with Crippen LogP contribution in [0.25, 0.3) is 10.6 Å². The van der Waals surface area contributed by atoms with Crippen LogP contribution < -0.4 is 11.1 Å². The Morgan fingerprint density at radius 2 is 2.22 bits per heavy atom. The third-order valence-corrected chi connectivity index (χ3v) is 4.44. The first-order valence-electron chi connectivity index (χ1n) is 6.34. The molecule has 0 saturated carbocycles. The van der Waals surface area contributed by atoms with Crippen molar-refractivity contribution >= 4 is 22.0 Å². The Morgan fingerprint density at radius 1 is 1.33 bits per heavy atom. The van der Waals surface area contributed by atoms with E-state index in [1.54, 1.807) is 11.3 Å². The van der Waals surface area contributed by atoms with Gasteiger partial charge >= 0.3 is 0 Å². The summed E-state index contributed by atoms with van der Waals surface area (Å²) in [5.41, 5.74) is 10.2. The van der Waals surface area contributed by atoms with E-state index in [1.807, 2.05) is 13.0 Å². The number of rotatable bonds is 1. The van der Waals surface area contributed by atoms with Gasteiger partial charge in [-0.3, -0.25) is 0 Å². The molecule has 3 rings (SSSR count). The number of anilines is 2. The maximum absolute atomic E-state index is 5.86. The summed E-state index contributed by atoms with van der Waals surface area (Å²) in [6.45, 7) is 3.10. The summed E-state index contributed by atoms with van der Waals surface area (Å²) < 4.78 is 0. The predicted molar refractivity (Wildman–Crippen MR) is 78.1 cm³/mol. The largest absolute Gasteiger partial charge is 0.399 e. The number of aromatic nitrogens is 1. The van der Waals surface area contributed by atoms with Gasteiger partial charge in [0.05, 0.1) is 5.69 Å². The molecule has 0 fully saturated rings. The summed E-state index contributed by atoms with van der Waals surface area (Å²) in [5.74, 6) is 0. The molecule has 18 heavy (non-hydrogen) atoms. The van der Waals surface area contributed by atoms with Crippen molar-refractivity contribution in [2.45, 2.75) is 26.2 Å². The molecule has 3 nitrogen and oxygen atoms in total. The third-order valence-electron chi connectivity index (χ3n) is 3.34. The highest BCUT2D eigenvalue weighted by Gasteiger charge is 2.14. The lowest BCUT2D eigenvalue weighted by Gasteiger charge is -2.02. The molecule has 1 aromatic carbocycles. The van der Waals surface area contributed by atoms with E-state index in [9.17, 15) is 0 Å². The molecule has 0 aliphatic carbocycles. The van der Waals surface area contributed by atoms with Crippen LogP contribution in [0, 0.1) is 6.92 Å². The number of aryl methyl sites for hydroxylation is 2. The number of nitrogens with two attached hydrogens (primary N) is 1. The van der Waals surface area contributed by atoms with Crippen molar-refractivity contribution < 1.29 is 0 Å². The van der Waals surface area contributed by atoms with Crippen LogP contribution >= 0.6 is 11.3 Å². The highest BCUT2D eigenvalue weighted by Crippen LogP contribution is 2.35. The third kappa shape index (κ3) is 2.08. The van der Waals surface area contributed by atoms with Crippen LogP contribution in [0.2, 0.25) is 0 Å². The van der Waals surface area contributed by atoms with E-state index in [2.05, 4.69) is 17.4 Å². The number of hydrogen-bond acceptors (Lipinski definition) is 4. The number of thiazole rings is 1. The molecule has 0 bridgehead atoms. The Hall–Kier alpha value is -1.55. The van der Waals surface area contributed by atoms with E-state index < -0.39 is 0 Å². The van der Waals surface area contributed by atoms with Gasteiger partial charge in [-0.15, -0.1) is 0 Å². The van der Waals surface area contributed by atoms with Crippen molar-refractivity contribution in [1.29, 1.82) is 0 Å². The Balaban J connectivity index is 1.99. The summed E-state index contributed by atoms with van der Waals surface area (Å²) in [5, 5.41) is 5.81. The van der Waals surface area contributed by atoms with Crippen molar-refractivity contribution in [3.05, 3.63) is 29.5 Å². The number of hydrogen-bond donors (Lipinski definition) is 2. The highest BCUT2D eigenvalue weighted by molar-refractivity contribution is 7.19. The molecule has 0 unspecified atom stereocenters. The fourth-order valence-corrected chi connectivity index (χ4v) is 3.24. The first-order valence-corrected chi connectivity index (χ1v) is 7.16. The molecule has 0 saturated heterocycles. The summed E-state index contributed by atoms with van der Waals surface area (Å²) in [7, 11) is 0. The Morgan fingerprint density at radius 3 is 3.06 bits per heavy atom. The number of fused-ring (bicyclic) bond motifs is 1. The number of benzene rings is 1. The fourth-order valence-electron chi connectivity index (χ4n) is 2.21. The maximum atomic E-state index is 5.86. The predicted octanol–water partition coefficient (Wildman–Crippen LogP) is 3.45. The molecule has 2 aromatic rings. The Labute approximate surface area is 111 Å². The molecule has 1 aliphatic rings. The van der Waals surface area contributed by atoms with Crippen LogP contribution in [0.1, 0.15) is 24.1 Å². The van der Waals surface area contributed by atoms with Crippen LogP contribution in [0.5, 0.6) is 0 Å². The lowest BCUT2D eigenvalue weighted by molar-refractivity contribution is 0.775. The second-order valence-electron chi connectivity index (χ2n) is 4.75. The molecular formula is C14H17N3S. The fraction of sp³-hybridized carbons (Fsp3) is 0.357. The van der Waals surface area contributed by atoms with Gasteiger partial charge < -0.3 is 11.1 Å². The zero-order chi connectivity index (χ0) is 12.5. The van der Waals surface area contributed by atoms with Gasteiger partial charge in [0.15, 0.2) is 0 Å². The molecule has 2 heterocycles. The molecule has 4 heteroatoms. The standard InChI is InChI=1S/C14H17N3S/c1-9-8-10(5-6-11(9)15)13-17-12-4-2-3-7-16-14(12)18-13/h5-6,8,16H,2-4,7,15H2,1H3. The minimum Gasteiger partial charge on any atom is -0.399 e. The monoisotopic (exact) mass is 259 g/mol. The lowest BCUT2D eigenvalue weighted by atomic mass is 10.1. The first-order chi connectivity index (χ1) is 8.74. The smallest absolute Gasteiger partial charge is 0.125 e. The average Bonchev–Trinajstić information content (AvgIpc) is 2.64. The molecule has 94 valence electrons. The summed E-state index contributed by atoms with van der Waals surface area (Å²) in [4.78, 5) is 4.77. The van der Waals surface area contributed by atoms with E-state index in [0.29, 0.717) is 0 Å². The number of nitrogen functional groups attached to an aromatic ring is 1. The molecule has 0 spiro atoms. The van der Waals surface area contributed by atoms with E-state index in [1.165, 1.54) is 29.1 Å². The zero-order valence-electron chi connectivity index (χ0n) is 10.5. The Bertz CT molecular complexity index is 551. The van der Waals surface area contributed by atoms with Gasteiger partial charge in [-0.25, -0.2) is 4.98 Å². The van der Waals surface area contributed by atoms with E-state index in [0.717, 1.165) is 29.2 Å². The van der Waals surface area contributed by atoms with Crippen LogP contribution in [-0.2, 0) is 6.42 Å². The van der Waals surface area contributed by atoms with Crippen LogP contribution in [0.3, 0.4) is 0 Å². The minimum atomic E-state index is 0.843. The van der Waals surface area contributed by atoms with Gasteiger partial charge in [0.25, 0.3) is 0 Å². The highest BCUT2D eigenvalue weighted by atomic mass is 32.1. The van der Waals surface area contributed by atoms with E-state index >= 15 is 0 Å². The Kier molecular flexibility index (Phi) is 2.96. The zero-order valence-corrected chi connectivity index (χ0v) is 11.3. The van der Waals surface area contributed by atoms with Crippen LogP contribution in [0.15, 0.2) is 18.2 Å². The topological polar surface area (TPSA) is 50.9 Å². The summed E-state index contributed by atoms with van der Waals surface area (Å²) in [6.07, 6.45) is 3.55. The summed E-state index contributed by atoms with van der Waals surface area (Å²) in [6, 6.07) is 6.14. The van der Waals surface area contributed by atoms with Crippen molar-refractivity contribution in [3.8, 4) is 10.6 Å². The van der Waals surface area contributed by atoms with Crippen molar-refractivity contribution in [3.63, 3.8) is 0 Å². The van der Waals surface area contributed by atoms with Gasteiger partial charge in [0.1, 0.15) is 10.0 Å². The number of nitrogens with zero attached hydrogens (tertiary/aromatic N) is 1. The maximum Gasteiger partial charge on any atom is 0.125 e. The van der Waals surface area contributed by atoms with Crippen molar-refractivity contribution in [2.75, 3.05) is 17.6 Å². The second-order valence-corrected chi connectivity index (χ2v) is 5.75. The van der Waals surface area contributed by atoms with Gasteiger partial charge in [-0.1, -0.05) is 11.3 Å². The molecular weight excluding hydrogens is 242 g/mol. The van der Waals surface area contributed by atoms with Gasteiger partial charge in [0, 0.05) is 17.8 Å². The quantitative estimate of drug-likeness (QED) is 0.771. The van der Waals surface area contributed by atoms with E-state index in [-0.39, 0.29) is 0 Å². The minimum absolute atomic E-state index is 0.843. The van der Waals surface area contributed by atoms with Gasteiger partial charge in [-0.05, 0) is 49.9 Å². The lowest BCUT2D eigenvalue weighted by Crippen LogP contribution is -1.96. The molecule has 0 radical (unpaired) electrons. The number of nitrogens with one attached hydrogen (secondary N) is 1. The molecule has 0 atom stereocenters. The first kappa shape index (κ1) is 11.5. The van der Waals surface area contributed by atoms with E-state index in [4.69, 9.17) is 10.7 Å². The van der Waals surface area contributed by atoms with Crippen molar-refractivity contribution in [1.82, 2.24) is 4.98 Å². The molecule has 1 aromatic heterocycles.